The molecule has 0 atom stereocenters. The lowest BCUT2D eigenvalue weighted by molar-refractivity contribution is -0.143. The van der Waals surface area contributed by atoms with Crippen LogP contribution in [0.25, 0.3) is 0 Å². The Balaban J connectivity index is 2.22. The van der Waals surface area contributed by atoms with E-state index in [4.69, 9.17) is 10.5 Å². The minimum absolute atomic E-state index is 0.135. The van der Waals surface area contributed by atoms with E-state index in [1.54, 1.807) is 0 Å². The number of ether oxygens (including phenoxy) is 1. The average Bonchev–Trinajstić information content (AvgIpc) is 2.34. The average molecular weight is 235 g/mol. The zero-order valence-electron chi connectivity index (χ0n) is 10.4. The van der Waals surface area contributed by atoms with E-state index in [0.29, 0.717) is 19.4 Å². The standard InChI is InChI=1S/C14H21NO2/c1-2-3-6-11-17-14(16)10-9-12-7-4-5-8-13(12)15/h4-5,7-8H,2-3,6,9-11,15H2,1H3. The summed E-state index contributed by atoms with van der Waals surface area (Å²) in [4.78, 5) is 11.4. The van der Waals surface area contributed by atoms with Crippen LogP contribution in [-0.4, -0.2) is 12.6 Å². The molecule has 3 nitrogen and oxygen atoms in total. The number of para-hydroxylation sites is 1. The van der Waals surface area contributed by atoms with Crippen LogP contribution in [0.3, 0.4) is 0 Å². The van der Waals surface area contributed by atoms with Gasteiger partial charge in [0.05, 0.1) is 6.61 Å². The minimum atomic E-state index is -0.135. The van der Waals surface area contributed by atoms with Gasteiger partial charge in [-0.1, -0.05) is 38.0 Å². The molecule has 1 rings (SSSR count). The SMILES string of the molecule is CCCCCOC(=O)CCc1ccccc1N. The van der Waals surface area contributed by atoms with Crippen LogP contribution in [0.4, 0.5) is 5.69 Å². The number of benzene rings is 1. The van der Waals surface area contributed by atoms with Crippen molar-refractivity contribution in [2.75, 3.05) is 12.3 Å². The van der Waals surface area contributed by atoms with Crippen molar-refractivity contribution >= 4 is 11.7 Å². The van der Waals surface area contributed by atoms with Gasteiger partial charge >= 0.3 is 5.97 Å². The zero-order chi connectivity index (χ0) is 12.5. The highest BCUT2D eigenvalue weighted by molar-refractivity contribution is 5.70. The van der Waals surface area contributed by atoms with Crippen LogP contribution < -0.4 is 5.73 Å². The van der Waals surface area contributed by atoms with Crippen LogP contribution in [0.2, 0.25) is 0 Å². The summed E-state index contributed by atoms with van der Waals surface area (Å²) in [6.07, 6.45) is 4.26. The summed E-state index contributed by atoms with van der Waals surface area (Å²) in [6, 6.07) is 7.61. The Kier molecular flexibility index (Phi) is 6.15. The quantitative estimate of drug-likeness (QED) is 0.449. The predicted octanol–water partition coefficient (Wildman–Crippen LogP) is 2.93. The van der Waals surface area contributed by atoms with Crippen molar-refractivity contribution in [1.82, 2.24) is 0 Å². The van der Waals surface area contributed by atoms with Crippen molar-refractivity contribution in [3.05, 3.63) is 29.8 Å². The van der Waals surface area contributed by atoms with Gasteiger partial charge < -0.3 is 10.5 Å². The van der Waals surface area contributed by atoms with Crippen molar-refractivity contribution in [1.29, 1.82) is 0 Å². The van der Waals surface area contributed by atoms with Gasteiger partial charge in [-0.2, -0.15) is 0 Å². The molecule has 0 amide bonds. The van der Waals surface area contributed by atoms with Crippen molar-refractivity contribution in [2.45, 2.75) is 39.0 Å². The van der Waals surface area contributed by atoms with Gasteiger partial charge in [-0.3, -0.25) is 4.79 Å². The topological polar surface area (TPSA) is 52.3 Å². The number of carbonyl (C=O) groups excluding carboxylic acids is 1. The normalized spacial score (nSPS) is 10.2. The number of hydrogen-bond acceptors (Lipinski definition) is 3. The summed E-state index contributed by atoms with van der Waals surface area (Å²) in [7, 11) is 0. The van der Waals surface area contributed by atoms with Gasteiger partial charge in [0.25, 0.3) is 0 Å². The molecule has 0 unspecified atom stereocenters. The van der Waals surface area contributed by atoms with Crippen LogP contribution in [0.15, 0.2) is 24.3 Å². The Morgan fingerprint density at radius 1 is 1.29 bits per heavy atom. The van der Waals surface area contributed by atoms with Gasteiger partial charge in [-0.25, -0.2) is 0 Å². The molecule has 2 N–H and O–H groups in total. The number of anilines is 1. The van der Waals surface area contributed by atoms with E-state index >= 15 is 0 Å². The maximum atomic E-state index is 11.4. The van der Waals surface area contributed by atoms with Gasteiger partial charge in [0, 0.05) is 12.1 Å². The molecule has 0 heterocycles. The fraction of sp³-hybridized carbons (Fsp3) is 0.500. The molecule has 0 fully saturated rings. The summed E-state index contributed by atoms with van der Waals surface area (Å²) in [6.45, 7) is 2.66. The summed E-state index contributed by atoms with van der Waals surface area (Å²) in [5, 5.41) is 0. The van der Waals surface area contributed by atoms with Crippen molar-refractivity contribution in [2.24, 2.45) is 0 Å². The maximum absolute atomic E-state index is 11.4. The first-order valence-corrected chi connectivity index (χ1v) is 6.23. The maximum Gasteiger partial charge on any atom is 0.306 e. The van der Waals surface area contributed by atoms with Crippen LogP contribution in [0, 0.1) is 0 Å². The first-order chi connectivity index (χ1) is 8.24. The number of carbonyl (C=O) groups is 1. The molecule has 1 aromatic carbocycles. The fourth-order valence-corrected chi connectivity index (χ4v) is 1.61. The fourth-order valence-electron chi connectivity index (χ4n) is 1.61. The molecule has 0 aromatic heterocycles. The molecule has 0 aliphatic heterocycles. The highest BCUT2D eigenvalue weighted by Gasteiger charge is 2.05. The molecule has 0 radical (unpaired) electrons. The van der Waals surface area contributed by atoms with Gasteiger partial charge in [0.2, 0.25) is 0 Å². The molecule has 0 spiro atoms. The second-order valence-corrected chi connectivity index (χ2v) is 4.13. The monoisotopic (exact) mass is 235 g/mol. The Labute approximate surface area is 103 Å². The molecule has 94 valence electrons. The predicted molar refractivity (Wildman–Crippen MR) is 69.7 cm³/mol. The van der Waals surface area contributed by atoms with Gasteiger partial charge in [0.1, 0.15) is 0 Å². The Hall–Kier alpha value is -1.51. The number of rotatable bonds is 7. The highest BCUT2D eigenvalue weighted by Crippen LogP contribution is 2.12. The van der Waals surface area contributed by atoms with Gasteiger partial charge in [-0.05, 0) is 24.5 Å². The molecule has 0 aliphatic carbocycles. The van der Waals surface area contributed by atoms with E-state index in [1.165, 1.54) is 0 Å². The first-order valence-electron chi connectivity index (χ1n) is 6.23. The van der Waals surface area contributed by atoms with E-state index < -0.39 is 0 Å². The largest absolute Gasteiger partial charge is 0.466 e. The minimum Gasteiger partial charge on any atom is -0.466 e. The van der Waals surface area contributed by atoms with E-state index in [9.17, 15) is 4.79 Å². The van der Waals surface area contributed by atoms with Crippen LogP contribution >= 0.6 is 0 Å². The summed E-state index contributed by atoms with van der Waals surface area (Å²) in [5.41, 5.74) is 7.55. The van der Waals surface area contributed by atoms with Crippen LogP contribution in [0.5, 0.6) is 0 Å². The molecular formula is C14H21NO2. The number of aryl methyl sites for hydroxylation is 1. The third-order valence-corrected chi connectivity index (χ3v) is 2.66. The third-order valence-electron chi connectivity index (χ3n) is 2.66. The lowest BCUT2D eigenvalue weighted by Crippen LogP contribution is -2.07. The highest BCUT2D eigenvalue weighted by atomic mass is 16.5. The molecule has 1 aromatic rings. The Morgan fingerprint density at radius 3 is 2.76 bits per heavy atom. The second kappa shape index (κ2) is 7.71. The van der Waals surface area contributed by atoms with Crippen molar-refractivity contribution in [3.8, 4) is 0 Å². The molecule has 0 aliphatic rings. The smallest absolute Gasteiger partial charge is 0.306 e. The number of esters is 1. The van der Waals surface area contributed by atoms with Gasteiger partial charge in [-0.15, -0.1) is 0 Å². The van der Waals surface area contributed by atoms with Crippen molar-refractivity contribution in [3.63, 3.8) is 0 Å². The van der Waals surface area contributed by atoms with Crippen LogP contribution in [-0.2, 0) is 16.0 Å². The molecule has 3 heteroatoms. The zero-order valence-corrected chi connectivity index (χ0v) is 10.4. The molecule has 0 saturated carbocycles. The number of unbranched alkanes of at least 4 members (excludes halogenated alkanes) is 2. The van der Waals surface area contributed by atoms with Gasteiger partial charge in [0.15, 0.2) is 0 Å². The van der Waals surface area contributed by atoms with E-state index in [0.717, 1.165) is 30.5 Å². The number of nitrogens with two attached hydrogens (primary N) is 1. The molecular weight excluding hydrogens is 214 g/mol. The summed E-state index contributed by atoms with van der Waals surface area (Å²) >= 11 is 0. The lowest BCUT2D eigenvalue weighted by atomic mass is 10.1. The molecule has 17 heavy (non-hydrogen) atoms. The number of nitrogen functional groups attached to an aromatic ring is 1. The Morgan fingerprint density at radius 2 is 2.06 bits per heavy atom. The first kappa shape index (κ1) is 13.6. The number of hydrogen-bond donors (Lipinski definition) is 1. The van der Waals surface area contributed by atoms with Crippen LogP contribution in [0.1, 0.15) is 38.2 Å². The second-order valence-electron chi connectivity index (χ2n) is 4.13. The molecule has 0 saturated heterocycles. The van der Waals surface area contributed by atoms with E-state index in [-0.39, 0.29) is 5.97 Å². The lowest BCUT2D eigenvalue weighted by Gasteiger charge is -2.06. The molecule has 0 bridgehead atoms. The van der Waals surface area contributed by atoms with Crippen molar-refractivity contribution < 1.29 is 9.53 Å². The van der Waals surface area contributed by atoms with E-state index in [1.807, 2.05) is 24.3 Å². The third kappa shape index (κ3) is 5.38. The summed E-state index contributed by atoms with van der Waals surface area (Å²) in [5.74, 6) is -0.135. The van der Waals surface area contributed by atoms with E-state index in [2.05, 4.69) is 6.92 Å². The Bertz CT molecular complexity index is 350. The summed E-state index contributed by atoms with van der Waals surface area (Å²) < 4.78 is 5.13.